The first-order valence-corrected chi connectivity index (χ1v) is 5.47. The summed E-state index contributed by atoms with van der Waals surface area (Å²) in [5, 5.41) is 5.49. The zero-order valence-corrected chi connectivity index (χ0v) is 9.91. The SMILES string of the molecule is CCC(C)(C)c1ccc2c(cnn2C)c1. The molecule has 0 fully saturated rings. The number of benzene rings is 1. The van der Waals surface area contributed by atoms with Crippen molar-refractivity contribution < 1.29 is 0 Å². The van der Waals surface area contributed by atoms with Gasteiger partial charge in [0.05, 0.1) is 11.7 Å². The van der Waals surface area contributed by atoms with Gasteiger partial charge in [-0.05, 0) is 29.5 Å². The molecule has 2 nitrogen and oxygen atoms in total. The Bertz CT molecular complexity index is 480. The van der Waals surface area contributed by atoms with E-state index in [9.17, 15) is 0 Å². The number of aromatic nitrogens is 2. The van der Waals surface area contributed by atoms with Crippen LogP contribution in [0.15, 0.2) is 24.4 Å². The third-order valence-electron chi connectivity index (χ3n) is 3.41. The molecule has 80 valence electrons. The lowest BCUT2D eigenvalue weighted by atomic mass is 9.82. The quantitative estimate of drug-likeness (QED) is 0.731. The fourth-order valence-corrected chi connectivity index (χ4v) is 1.79. The predicted molar refractivity (Wildman–Crippen MR) is 64.0 cm³/mol. The second-order valence-electron chi connectivity index (χ2n) is 4.78. The van der Waals surface area contributed by atoms with E-state index in [0.717, 1.165) is 6.42 Å². The highest BCUT2D eigenvalue weighted by molar-refractivity contribution is 5.79. The number of aryl methyl sites for hydroxylation is 1. The van der Waals surface area contributed by atoms with Crippen LogP contribution in [-0.2, 0) is 12.5 Å². The lowest BCUT2D eigenvalue weighted by Crippen LogP contribution is -2.15. The van der Waals surface area contributed by atoms with Crippen molar-refractivity contribution in [3.63, 3.8) is 0 Å². The van der Waals surface area contributed by atoms with Crippen LogP contribution in [0, 0.1) is 0 Å². The Morgan fingerprint density at radius 3 is 2.73 bits per heavy atom. The highest BCUT2D eigenvalue weighted by Gasteiger charge is 2.18. The molecular weight excluding hydrogens is 184 g/mol. The molecule has 1 aromatic heterocycles. The van der Waals surface area contributed by atoms with Crippen LogP contribution in [0.2, 0.25) is 0 Å². The maximum Gasteiger partial charge on any atom is 0.0679 e. The van der Waals surface area contributed by atoms with Crippen molar-refractivity contribution in [2.75, 3.05) is 0 Å². The molecule has 0 aliphatic rings. The van der Waals surface area contributed by atoms with Crippen LogP contribution in [0.3, 0.4) is 0 Å². The van der Waals surface area contributed by atoms with Crippen molar-refractivity contribution in [2.45, 2.75) is 32.6 Å². The molecule has 2 rings (SSSR count). The van der Waals surface area contributed by atoms with Gasteiger partial charge in [0.25, 0.3) is 0 Å². The van der Waals surface area contributed by atoms with E-state index in [1.807, 2.05) is 17.9 Å². The maximum atomic E-state index is 4.26. The Kier molecular flexibility index (Phi) is 2.29. The summed E-state index contributed by atoms with van der Waals surface area (Å²) in [5.41, 5.74) is 2.85. The van der Waals surface area contributed by atoms with E-state index in [1.165, 1.54) is 16.5 Å². The van der Waals surface area contributed by atoms with Gasteiger partial charge in [-0.1, -0.05) is 26.8 Å². The third kappa shape index (κ3) is 1.65. The first kappa shape index (κ1) is 10.2. The van der Waals surface area contributed by atoms with Gasteiger partial charge in [0.2, 0.25) is 0 Å². The Balaban J connectivity index is 2.57. The molecule has 2 aromatic rings. The van der Waals surface area contributed by atoms with E-state index in [4.69, 9.17) is 0 Å². The Morgan fingerprint density at radius 2 is 2.07 bits per heavy atom. The molecule has 1 aromatic carbocycles. The van der Waals surface area contributed by atoms with Gasteiger partial charge in [-0.15, -0.1) is 0 Å². The molecule has 0 unspecified atom stereocenters. The summed E-state index contributed by atoms with van der Waals surface area (Å²) < 4.78 is 1.91. The molecular formula is C13H18N2. The number of hydrogen-bond acceptors (Lipinski definition) is 1. The molecule has 0 saturated carbocycles. The molecule has 1 heterocycles. The molecule has 0 atom stereocenters. The van der Waals surface area contributed by atoms with E-state index in [1.54, 1.807) is 0 Å². The zero-order chi connectivity index (χ0) is 11.1. The van der Waals surface area contributed by atoms with Crippen LogP contribution >= 0.6 is 0 Å². The van der Waals surface area contributed by atoms with Crippen molar-refractivity contribution in [1.29, 1.82) is 0 Å². The molecule has 0 radical (unpaired) electrons. The van der Waals surface area contributed by atoms with Gasteiger partial charge in [-0.3, -0.25) is 4.68 Å². The largest absolute Gasteiger partial charge is 0.268 e. The Labute approximate surface area is 90.9 Å². The van der Waals surface area contributed by atoms with Crippen molar-refractivity contribution in [2.24, 2.45) is 7.05 Å². The second kappa shape index (κ2) is 3.37. The summed E-state index contributed by atoms with van der Waals surface area (Å²) in [7, 11) is 1.98. The van der Waals surface area contributed by atoms with Crippen molar-refractivity contribution >= 4 is 10.9 Å². The van der Waals surface area contributed by atoms with Gasteiger partial charge < -0.3 is 0 Å². The molecule has 0 saturated heterocycles. The molecule has 0 bridgehead atoms. The lowest BCUT2D eigenvalue weighted by molar-refractivity contribution is 0.507. The van der Waals surface area contributed by atoms with Crippen LogP contribution < -0.4 is 0 Å². The number of hydrogen-bond donors (Lipinski definition) is 0. The van der Waals surface area contributed by atoms with Gasteiger partial charge in [0.1, 0.15) is 0 Å². The van der Waals surface area contributed by atoms with E-state index < -0.39 is 0 Å². The average Bonchev–Trinajstić information content (AvgIpc) is 2.60. The van der Waals surface area contributed by atoms with Crippen LogP contribution in [0.1, 0.15) is 32.8 Å². The molecule has 0 aliphatic carbocycles. The second-order valence-corrected chi connectivity index (χ2v) is 4.78. The van der Waals surface area contributed by atoms with E-state index in [0.29, 0.717) is 0 Å². The van der Waals surface area contributed by atoms with Crippen molar-refractivity contribution in [1.82, 2.24) is 9.78 Å². The Hall–Kier alpha value is -1.31. The molecule has 2 heteroatoms. The van der Waals surface area contributed by atoms with E-state index in [-0.39, 0.29) is 5.41 Å². The first-order valence-electron chi connectivity index (χ1n) is 5.47. The van der Waals surface area contributed by atoms with Gasteiger partial charge in [0, 0.05) is 12.4 Å². The van der Waals surface area contributed by atoms with Gasteiger partial charge in [0.15, 0.2) is 0 Å². The highest BCUT2D eigenvalue weighted by atomic mass is 15.2. The van der Waals surface area contributed by atoms with Crippen molar-refractivity contribution in [3.05, 3.63) is 30.0 Å². The summed E-state index contributed by atoms with van der Waals surface area (Å²) in [6, 6.07) is 6.63. The van der Waals surface area contributed by atoms with E-state index in [2.05, 4.69) is 44.1 Å². The topological polar surface area (TPSA) is 17.8 Å². The van der Waals surface area contributed by atoms with Gasteiger partial charge in [-0.2, -0.15) is 5.10 Å². The monoisotopic (exact) mass is 202 g/mol. The minimum absolute atomic E-state index is 0.254. The average molecular weight is 202 g/mol. The molecule has 0 aliphatic heterocycles. The summed E-state index contributed by atoms with van der Waals surface area (Å²) in [5.74, 6) is 0. The fraction of sp³-hybridized carbons (Fsp3) is 0.462. The van der Waals surface area contributed by atoms with E-state index >= 15 is 0 Å². The third-order valence-corrected chi connectivity index (χ3v) is 3.41. The number of nitrogens with zero attached hydrogens (tertiary/aromatic N) is 2. The van der Waals surface area contributed by atoms with Gasteiger partial charge in [-0.25, -0.2) is 0 Å². The summed E-state index contributed by atoms with van der Waals surface area (Å²) in [6.45, 7) is 6.79. The van der Waals surface area contributed by atoms with Gasteiger partial charge >= 0.3 is 0 Å². The summed E-state index contributed by atoms with van der Waals surface area (Å²) in [4.78, 5) is 0. The zero-order valence-electron chi connectivity index (χ0n) is 9.91. The maximum absolute atomic E-state index is 4.26. The smallest absolute Gasteiger partial charge is 0.0679 e. The van der Waals surface area contributed by atoms with Crippen LogP contribution in [0.5, 0.6) is 0 Å². The Morgan fingerprint density at radius 1 is 1.33 bits per heavy atom. The summed E-state index contributed by atoms with van der Waals surface area (Å²) in [6.07, 6.45) is 3.09. The predicted octanol–water partition coefficient (Wildman–Crippen LogP) is 3.26. The molecule has 0 amide bonds. The fourth-order valence-electron chi connectivity index (χ4n) is 1.79. The number of fused-ring (bicyclic) bond motifs is 1. The minimum Gasteiger partial charge on any atom is -0.268 e. The highest BCUT2D eigenvalue weighted by Crippen LogP contribution is 2.28. The van der Waals surface area contributed by atoms with Crippen LogP contribution in [0.4, 0.5) is 0 Å². The normalized spacial score (nSPS) is 12.3. The summed E-state index contributed by atoms with van der Waals surface area (Å²) >= 11 is 0. The molecule has 0 spiro atoms. The van der Waals surface area contributed by atoms with Crippen LogP contribution in [-0.4, -0.2) is 9.78 Å². The van der Waals surface area contributed by atoms with Crippen LogP contribution in [0.25, 0.3) is 10.9 Å². The first-order chi connectivity index (χ1) is 7.04. The molecule has 15 heavy (non-hydrogen) atoms. The van der Waals surface area contributed by atoms with Crippen molar-refractivity contribution in [3.8, 4) is 0 Å². The number of rotatable bonds is 2. The minimum atomic E-state index is 0.254. The molecule has 0 N–H and O–H groups in total. The standard InChI is InChI=1S/C13H18N2/c1-5-13(2,3)11-6-7-12-10(8-11)9-14-15(12)4/h6-9H,5H2,1-4H3. The lowest BCUT2D eigenvalue weighted by Gasteiger charge is -2.23.